The quantitative estimate of drug-likeness (QED) is 0.585. The van der Waals surface area contributed by atoms with Gasteiger partial charge in [0.15, 0.2) is 11.5 Å². The zero-order valence-corrected chi connectivity index (χ0v) is 13.6. The lowest BCUT2D eigenvalue weighted by Crippen LogP contribution is -2.11. The first-order valence-electron chi connectivity index (χ1n) is 8.05. The SMILES string of the molecule is COc1cc(-c2nc3ccccc3c(=O)[nH]2)ccc1OC(=O)C1CC1. The molecule has 0 bridgehead atoms. The maximum atomic E-state index is 12.2. The molecule has 1 aliphatic rings. The highest BCUT2D eigenvalue weighted by Gasteiger charge is 2.32. The van der Waals surface area contributed by atoms with Crippen molar-refractivity contribution in [2.45, 2.75) is 12.8 Å². The van der Waals surface area contributed by atoms with Crippen LogP contribution in [0.15, 0.2) is 47.3 Å². The molecule has 1 aromatic heterocycles. The Balaban J connectivity index is 1.73. The molecule has 0 unspecified atom stereocenters. The van der Waals surface area contributed by atoms with Gasteiger partial charge in [-0.05, 0) is 43.2 Å². The van der Waals surface area contributed by atoms with E-state index in [1.807, 2.05) is 6.07 Å². The van der Waals surface area contributed by atoms with Gasteiger partial charge in [-0.2, -0.15) is 0 Å². The summed E-state index contributed by atoms with van der Waals surface area (Å²) in [5, 5.41) is 0.535. The number of nitrogens with one attached hydrogen (secondary N) is 1. The molecule has 0 spiro atoms. The van der Waals surface area contributed by atoms with Crippen LogP contribution in [-0.2, 0) is 4.79 Å². The third kappa shape index (κ3) is 2.98. The molecule has 0 saturated heterocycles. The summed E-state index contributed by atoms with van der Waals surface area (Å²) in [5.74, 6) is 0.988. The molecule has 1 aliphatic carbocycles. The van der Waals surface area contributed by atoms with E-state index in [4.69, 9.17) is 9.47 Å². The number of nitrogens with zero attached hydrogens (tertiary/aromatic N) is 1. The number of aromatic nitrogens is 2. The number of H-pyrrole nitrogens is 1. The van der Waals surface area contributed by atoms with E-state index in [-0.39, 0.29) is 17.4 Å². The van der Waals surface area contributed by atoms with E-state index in [0.29, 0.717) is 33.8 Å². The molecule has 126 valence electrons. The van der Waals surface area contributed by atoms with Crippen molar-refractivity contribution in [2.75, 3.05) is 7.11 Å². The van der Waals surface area contributed by atoms with E-state index in [0.717, 1.165) is 12.8 Å². The molecule has 25 heavy (non-hydrogen) atoms. The van der Waals surface area contributed by atoms with Gasteiger partial charge in [-0.3, -0.25) is 9.59 Å². The van der Waals surface area contributed by atoms with Gasteiger partial charge >= 0.3 is 5.97 Å². The van der Waals surface area contributed by atoms with Crippen molar-refractivity contribution in [1.82, 2.24) is 9.97 Å². The van der Waals surface area contributed by atoms with Gasteiger partial charge in [-0.15, -0.1) is 0 Å². The normalized spacial score (nSPS) is 13.6. The summed E-state index contributed by atoms with van der Waals surface area (Å²) in [7, 11) is 1.50. The number of para-hydroxylation sites is 1. The van der Waals surface area contributed by atoms with Crippen molar-refractivity contribution < 1.29 is 14.3 Å². The number of benzene rings is 2. The van der Waals surface area contributed by atoms with Gasteiger partial charge in [0, 0.05) is 5.56 Å². The highest BCUT2D eigenvalue weighted by Crippen LogP contribution is 2.35. The number of rotatable bonds is 4. The third-order valence-electron chi connectivity index (χ3n) is 4.17. The fourth-order valence-corrected chi connectivity index (χ4v) is 2.63. The molecule has 0 amide bonds. The van der Waals surface area contributed by atoms with Crippen molar-refractivity contribution in [2.24, 2.45) is 5.92 Å². The molecule has 1 fully saturated rings. The standard InChI is InChI=1S/C19H16N2O4/c1-24-16-10-12(8-9-15(16)25-19(23)11-6-7-11)17-20-14-5-3-2-4-13(14)18(22)21-17/h2-5,8-11H,6-7H2,1H3,(H,20,21,22). The van der Waals surface area contributed by atoms with E-state index in [1.54, 1.807) is 36.4 Å². The summed E-state index contributed by atoms with van der Waals surface area (Å²) >= 11 is 0. The first-order chi connectivity index (χ1) is 12.2. The smallest absolute Gasteiger partial charge is 0.314 e. The van der Waals surface area contributed by atoms with Gasteiger partial charge in [0.25, 0.3) is 5.56 Å². The number of fused-ring (bicyclic) bond motifs is 1. The van der Waals surface area contributed by atoms with Crippen LogP contribution in [0.25, 0.3) is 22.3 Å². The zero-order chi connectivity index (χ0) is 17.4. The second-order valence-corrected chi connectivity index (χ2v) is 5.99. The Hall–Kier alpha value is -3.15. The second-order valence-electron chi connectivity index (χ2n) is 5.99. The number of hydrogen-bond donors (Lipinski definition) is 1. The van der Waals surface area contributed by atoms with Gasteiger partial charge in [0.1, 0.15) is 5.82 Å². The molecule has 0 radical (unpaired) electrons. The fraction of sp³-hybridized carbons (Fsp3) is 0.211. The molecule has 1 saturated carbocycles. The van der Waals surface area contributed by atoms with Gasteiger partial charge in [-0.1, -0.05) is 12.1 Å². The van der Waals surface area contributed by atoms with E-state index in [1.165, 1.54) is 7.11 Å². The van der Waals surface area contributed by atoms with Crippen LogP contribution in [0.2, 0.25) is 0 Å². The number of carbonyl (C=O) groups is 1. The summed E-state index contributed by atoms with van der Waals surface area (Å²) in [6.07, 6.45) is 1.75. The molecular weight excluding hydrogens is 320 g/mol. The van der Waals surface area contributed by atoms with Gasteiger partial charge < -0.3 is 14.5 Å². The Morgan fingerprint density at radius 3 is 2.72 bits per heavy atom. The Bertz CT molecular complexity index is 1020. The Morgan fingerprint density at radius 1 is 1.16 bits per heavy atom. The number of esters is 1. The number of carbonyl (C=O) groups excluding carboxylic acids is 1. The molecule has 2 aromatic carbocycles. The minimum atomic E-state index is -0.233. The predicted octanol–water partition coefficient (Wildman–Crippen LogP) is 2.91. The summed E-state index contributed by atoms with van der Waals surface area (Å²) in [4.78, 5) is 31.3. The van der Waals surface area contributed by atoms with Gasteiger partial charge in [0.2, 0.25) is 0 Å². The van der Waals surface area contributed by atoms with Crippen LogP contribution in [0.5, 0.6) is 11.5 Å². The largest absolute Gasteiger partial charge is 0.493 e. The average molecular weight is 336 g/mol. The van der Waals surface area contributed by atoms with Crippen LogP contribution >= 0.6 is 0 Å². The summed E-state index contributed by atoms with van der Waals surface area (Å²) in [5.41, 5.74) is 1.08. The van der Waals surface area contributed by atoms with Gasteiger partial charge in [0.05, 0.1) is 23.9 Å². The van der Waals surface area contributed by atoms with E-state index in [2.05, 4.69) is 9.97 Å². The van der Waals surface area contributed by atoms with Crippen molar-refractivity contribution in [3.63, 3.8) is 0 Å². The molecule has 3 aromatic rings. The summed E-state index contributed by atoms with van der Waals surface area (Å²) in [6.45, 7) is 0. The lowest BCUT2D eigenvalue weighted by molar-refractivity contribution is -0.135. The first-order valence-corrected chi connectivity index (χ1v) is 8.05. The lowest BCUT2D eigenvalue weighted by atomic mass is 10.1. The van der Waals surface area contributed by atoms with Crippen molar-refractivity contribution in [3.05, 3.63) is 52.8 Å². The zero-order valence-electron chi connectivity index (χ0n) is 13.6. The highest BCUT2D eigenvalue weighted by atomic mass is 16.6. The molecular formula is C19H16N2O4. The van der Waals surface area contributed by atoms with Crippen LogP contribution < -0.4 is 15.0 Å². The van der Waals surface area contributed by atoms with E-state index in [9.17, 15) is 9.59 Å². The third-order valence-corrected chi connectivity index (χ3v) is 4.17. The molecule has 0 aliphatic heterocycles. The predicted molar refractivity (Wildman–Crippen MR) is 92.7 cm³/mol. The Kier molecular flexibility index (Phi) is 3.72. The molecule has 0 atom stereocenters. The number of aromatic amines is 1. The van der Waals surface area contributed by atoms with E-state index >= 15 is 0 Å². The maximum absolute atomic E-state index is 12.2. The topological polar surface area (TPSA) is 81.3 Å². The van der Waals surface area contributed by atoms with Crippen LogP contribution in [0.3, 0.4) is 0 Å². The Labute approximate surface area is 143 Å². The molecule has 1 N–H and O–H groups in total. The molecule has 6 heteroatoms. The minimum absolute atomic E-state index is 0.00268. The number of ether oxygens (including phenoxy) is 2. The number of hydrogen-bond acceptors (Lipinski definition) is 5. The molecule has 6 nitrogen and oxygen atoms in total. The lowest BCUT2D eigenvalue weighted by Gasteiger charge is -2.11. The van der Waals surface area contributed by atoms with Crippen LogP contribution in [0.4, 0.5) is 0 Å². The highest BCUT2D eigenvalue weighted by molar-refractivity contribution is 5.80. The summed E-state index contributed by atoms with van der Waals surface area (Å²) in [6, 6.07) is 12.2. The summed E-state index contributed by atoms with van der Waals surface area (Å²) < 4.78 is 10.7. The fourth-order valence-electron chi connectivity index (χ4n) is 2.63. The van der Waals surface area contributed by atoms with Gasteiger partial charge in [-0.25, -0.2) is 4.98 Å². The van der Waals surface area contributed by atoms with E-state index < -0.39 is 0 Å². The van der Waals surface area contributed by atoms with Crippen molar-refractivity contribution in [3.8, 4) is 22.9 Å². The van der Waals surface area contributed by atoms with Crippen LogP contribution in [0.1, 0.15) is 12.8 Å². The second kappa shape index (κ2) is 6.05. The molecule has 1 heterocycles. The van der Waals surface area contributed by atoms with Crippen molar-refractivity contribution in [1.29, 1.82) is 0 Å². The number of methoxy groups -OCH3 is 1. The first kappa shape index (κ1) is 15.4. The Morgan fingerprint density at radius 2 is 1.96 bits per heavy atom. The monoisotopic (exact) mass is 336 g/mol. The molecule has 4 rings (SSSR count). The van der Waals surface area contributed by atoms with Crippen LogP contribution in [-0.4, -0.2) is 23.0 Å². The van der Waals surface area contributed by atoms with Crippen LogP contribution in [0, 0.1) is 5.92 Å². The average Bonchev–Trinajstić information content (AvgIpc) is 3.47. The maximum Gasteiger partial charge on any atom is 0.314 e. The van der Waals surface area contributed by atoms with Crippen molar-refractivity contribution >= 4 is 16.9 Å². The minimum Gasteiger partial charge on any atom is -0.493 e.